The van der Waals surface area contributed by atoms with E-state index in [0.717, 1.165) is 12.1 Å². The molecular weight excluding hydrogens is 328 g/mol. The molecule has 7 heteroatoms. The van der Waals surface area contributed by atoms with Crippen LogP contribution < -0.4 is 5.32 Å². The molecule has 0 fully saturated rings. The van der Waals surface area contributed by atoms with E-state index in [1.165, 1.54) is 37.3 Å². The fraction of sp³-hybridized carbons (Fsp3) is 0.125. The second-order valence-corrected chi connectivity index (χ2v) is 5.10. The summed E-state index contributed by atoms with van der Waals surface area (Å²) in [5.74, 6) is -2.89. The molecule has 0 saturated heterocycles. The number of nitrogens with one attached hydrogen (secondary N) is 1. The van der Waals surface area contributed by atoms with Gasteiger partial charge in [0.25, 0.3) is 5.91 Å². The number of benzene rings is 2. The molecule has 0 aliphatic carbocycles. The van der Waals surface area contributed by atoms with Crippen molar-refractivity contribution in [1.82, 2.24) is 0 Å². The fourth-order valence-corrected chi connectivity index (χ4v) is 1.88. The zero-order valence-electron chi connectivity index (χ0n) is 12.0. The van der Waals surface area contributed by atoms with Gasteiger partial charge in [0.15, 0.2) is 6.10 Å². The van der Waals surface area contributed by atoms with Crippen molar-refractivity contribution >= 4 is 29.2 Å². The number of esters is 1. The molecule has 120 valence electrons. The standard InChI is InChI=1S/C16H12ClF2NO3/c1-9(15(21)20-12-5-3-11(18)4-6-12)23-16(22)13-8-10(17)2-7-14(13)19/h2-9H,1H3,(H,20,21)/t9-/m0/s1. The normalized spacial score (nSPS) is 11.7. The van der Waals surface area contributed by atoms with Crippen molar-refractivity contribution in [1.29, 1.82) is 0 Å². The summed E-state index contributed by atoms with van der Waals surface area (Å²) < 4.78 is 31.3. The molecule has 0 spiro atoms. The van der Waals surface area contributed by atoms with E-state index in [1.54, 1.807) is 0 Å². The van der Waals surface area contributed by atoms with Gasteiger partial charge in [0.05, 0.1) is 5.56 Å². The number of hydrogen-bond acceptors (Lipinski definition) is 3. The summed E-state index contributed by atoms with van der Waals surface area (Å²) in [6, 6.07) is 8.50. The van der Waals surface area contributed by atoms with E-state index in [-0.39, 0.29) is 10.6 Å². The Kier molecular flexibility index (Phi) is 5.28. The quantitative estimate of drug-likeness (QED) is 0.862. The molecule has 4 nitrogen and oxygen atoms in total. The molecule has 1 N–H and O–H groups in total. The highest BCUT2D eigenvalue weighted by Crippen LogP contribution is 2.17. The summed E-state index contributed by atoms with van der Waals surface area (Å²) in [6.07, 6.45) is -1.18. The number of anilines is 1. The Morgan fingerprint density at radius 2 is 1.78 bits per heavy atom. The molecule has 0 saturated carbocycles. The van der Waals surface area contributed by atoms with Gasteiger partial charge in [-0.25, -0.2) is 13.6 Å². The highest BCUT2D eigenvalue weighted by atomic mass is 35.5. The van der Waals surface area contributed by atoms with Gasteiger partial charge in [0.1, 0.15) is 11.6 Å². The lowest BCUT2D eigenvalue weighted by molar-refractivity contribution is -0.123. The lowest BCUT2D eigenvalue weighted by Gasteiger charge is -2.14. The largest absolute Gasteiger partial charge is 0.449 e. The van der Waals surface area contributed by atoms with Gasteiger partial charge in [-0.2, -0.15) is 0 Å². The topological polar surface area (TPSA) is 55.4 Å². The van der Waals surface area contributed by atoms with Crippen LogP contribution >= 0.6 is 11.6 Å². The molecule has 2 aromatic rings. The zero-order chi connectivity index (χ0) is 17.0. The predicted octanol–water partition coefficient (Wildman–Crippen LogP) is 3.80. The third-order valence-electron chi connectivity index (χ3n) is 2.91. The Morgan fingerprint density at radius 3 is 2.43 bits per heavy atom. The van der Waals surface area contributed by atoms with Gasteiger partial charge in [-0.05, 0) is 49.4 Å². The lowest BCUT2D eigenvalue weighted by Crippen LogP contribution is -2.30. The molecule has 0 bridgehead atoms. The van der Waals surface area contributed by atoms with Crippen molar-refractivity contribution in [2.45, 2.75) is 13.0 Å². The van der Waals surface area contributed by atoms with Crippen LogP contribution in [-0.2, 0) is 9.53 Å². The molecule has 0 heterocycles. The SMILES string of the molecule is C[C@H](OC(=O)c1cc(Cl)ccc1F)C(=O)Nc1ccc(F)cc1. The maximum absolute atomic E-state index is 13.6. The first-order valence-corrected chi connectivity index (χ1v) is 6.97. The van der Waals surface area contributed by atoms with Gasteiger partial charge in [-0.3, -0.25) is 4.79 Å². The summed E-state index contributed by atoms with van der Waals surface area (Å²) in [6.45, 7) is 1.33. The van der Waals surface area contributed by atoms with Crippen LogP contribution in [0.4, 0.5) is 14.5 Å². The molecule has 23 heavy (non-hydrogen) atoms. The first-order chi connectivity index (χ1) is 10.9. The minimum Gasteiger partial charge on any atom is -0.449 e. The molecule has 0 aromatic heterocycles. The number of rotatable bonds is 4. The monoisotopic (exact) mass is 339 g/mol. The van der Waals surface area contributed by atoms with Crippen molar-refractivity contribution < 1.29 is 23.1 Å². The fourth-order valence-electron chi connectivity index (χ4n) is 1.71. The second kappa shape index (κ2) is 7.19. The molecular formula is C16H12ClF2NO3. The minimum atomic E-state index is -1.18. The molecule has 0 radical (unpaired) electrons. The number of ether oxygens (including phenoxy) is 1. The van der Waals surface area contributed by atoms with E-state index in [0.29, 0.717) is 5.69 Å². The van der Waals surface area contributed by atoms with E-state index in [4.69, 9.17) is 16.3 Å². The van der Waals surface area contributed by atoms with E-state index in [2.05, 4.69) is 5.32 Å². The van der Waals surface area contributed by atoms with E-state index >= 15 is 0 Å². The summed E-state index contributed by atoms with van der Waals surface area (Å²) in [4.78, 5) is 23.8. The maximum atomic E-state index is 13.6. The average Bonchev–Trinajstić information content (AvgIpc) is 2.51. The lowest BCUT2D eigenvalue weighted by atomic mass is 10.2. The Labute approximate surface area is 136 Å². The second-order valence-electron chi connectivity index (χ2n) is 4.67. The smallest absolute Gasteiger partial charge is 0.341 e. The first-order valence-electron chi connectivity index (χ1n) is 6.59. The number of halogens is 3. The summed E-state index contributed by atoms with van der Waals surface area (Å²) in [5.41, 5.74) is -0.0211. The van der Waals surface area contributed by atoms with E-state index < -0.39 is 29.6 Å². The van der Waals surface area contributed by atoms with Crippen LogP contribution in [0.1, 0.15) is 17.3 Å². The third-order valence-corrected chi connectivity index (χ3v) is 3.15. The van der Waals surface area contributed by atoms with Gasteiger partial charge in [0.2, 0.25) is 0 Å². The summed E-state index contributed by atoms with van der Waals surface area (Å²) >= 11 is 5.70. The maximum Gasteiger partial charge on any atom is 0.341 e. The summed E-state index contributed by atoms with van der Waals surface area (Å²) in [5, 5.41) is 2.62. The third kappa shape index (κ3) is 4.50. The Morgan fingerprint density at radius 1 is 1.13 bits per heavy atom. The molecule has 1 atom stereocenters. The predicted molar refractivity (Wildman–Crippen MR) is 81.3 cm³/mol. The zero-order valence-corrected chi connectivity index (χ0v) is 12.7. The van der Waals surface area contributed by atoms with Crippen LogP contribution in [0.25, 0.3) is 0 Å². The molecule has 0 aliphatic rings. The number of amides is 1. The van der Waals surface area contributed by atoms with E-state index in [1.807, 2.05) is 0 Å². The first kappa shape index (κ1) is 16.9. The Bertz CT molecular complexity index is 735. The van der Waals surface area contributed by atoms with Gasteiger partial charge in [-0.15, -0.1) is 0 Å². The summed E-state index contributed by atoms with van der Waals surface area (Å²) in [7, 11) is 0. The average molecular weight is 340 g/mol. The van der Waals surface area contributed by atoms with Crippen LogP contribution in [0.2, 0.25) is 5.02 Å². The molecule has 0 unspecified atom stereocenters. The van der Waals surface area contributed by atoms with Gasteiger partial charge < -0.3 is 10.1 Å². The van der Waals surface area contributed by atoms with Crippen molar-refractivity contribution in [3.63, 3.8) is 0 Å². The van der Waals surface area contributed by atoms with Crippen LogP contribution in [-0.4, -0.2) is 18.0 Å². The molecule has 2 aromatic carbocycles. The highest BCUT2D eigenvalue weighted by Gasteiger charge is 2.21. The minimum absolute atomic E-state index is 0.168. The van der Waals surface area contributed by atoms with Crippen LogP contribution in [0.3, 0.4) is 0 Å². The van der Waals surface area contributed by atoms with Gasteiger partial charge in [0, 0.05) is 10.7 Å². The van der Waals surface area contributed by atoms with Crippen molar-refractivity contribution in [3.05, 3.63) is 64.7 Å². The number of carbonyl (C=O) groups excluding carboxylic acids is 2. The number of carbonyl (C=O) groups is 2. The van der Waals surface area contributed by atoms with Crippen LogP contribution in [0.5, 0.6) is 0 Å². The van der Waals surface area contributed by atoms with Crippen molar-refractivity contribution in [2.75, 3.05) is 5.32 Å². The van der Waals surface area contributed by atoms with Gasteiger partial charge in [-0.1, -0.05) is 11.6 Å². The van der Waals surface area contributed by atoms with Crippen LogP contribution in [0, 0.1) is 11.6 Å². The van der Waals surface area contributed by atoms with Crippen molar-refractivity contribution in [2.24, 2.45) is 0 Å². The van der Waals surface area contributed by atoms with E-state index in [9.17, 15) is 18.4 Å². The van der Waals surface area contributed by atoms with Crippen LogP contribution in [0.15, 0.2) is 42.5 Å². The molecule has 1 amide bonds. The Hall–Kier alpha value is -2.47. The van der Waals surface area contributed by atoms with Crippen molar-refractivity contribution in [3.8, 4) is 0 Å². The highest BCUT2D eigenvalue weighted by molar-refractivity contribution is 6.30. The molecule has 2 rings (SSSR count). The number of hydrogen-bond donors (Lipinski definition) is 1. The Balaban J connectivity index is 2.01. The van der Waals surface area contributed by atoms with Gasteiger partial charge >= 0.3 is 5.97 Å². The molecule has 0 aliphatic heterocycles.